The highest BCUT2D eigenvalue weighted by Gasteiger charge is 2.64. The van der Waals surface area contributed by atoms with E-state index in [1.54, 1.807) is 19.9 Å². The summed E-state index contributed by atoms with van der Waals surface area (Å²) in [5.74, 6) is 0.538. The molecule has 1 fully saturated rings. The minimum absolute atomic E-state index is 0.0246. The second-order valence-electron chi connectivity index (χ2n) is 10.6. The van der Waals surface area contributed by atoms with Crippen LogP contribution >= 0.6 is 0 Å². The van der Waals surface area contributed by atoms with Crippen molar-refractivity contribution < 1.29 is 22.7 Å². The summed E-state index contributed by atoms with van der Waals surface area (Å²) in [6, 6.07) is 4.59. The molecule has 0 atom stereocenters. The lowest BCUT2D eigenvalue weighted by Gasteiger charge is -2.63. The number of nitriles is 1. The van der Waals surface area contributed by atoms with Crippen molar-refractivity contribution in [2.75, 3.05) is 0 Å². The third kappa shape index (κ3) is 4.71. The molecule has 1 aromatic heterocycles. The zero-order valence-electron chi connectivity index (χ0n) is 21.3. The minimum Gasteiger partial charge on any atom is -0.489 e. The lowest BCUT2D eigenvalue weighted by molar-refractivity contribution is -0.164. The Hall–Kier alpha value is -3.15. The number of nitrogens with one attached hydrogen (secondary N) is 1. The van der Waals surface area contributed by atoms with Crippen LogP contribution in [0.15, 0.2) is 18.2 Å². The number of aryl methyl sites for hydroxylation is 2. The fraction of sp³-hybridized carbons (Fsp3) is 0.538. The molecule has 0 radical (unpaired) electrons. The van der Waals surface area contributed by atoms with Crippen molar-refractivity contribution in [2.24, 2.45) is 10.8 Å². The third-order valence-corrected chi connectivity index (χ3v) is 6.82. The van der Waals surface area contributed by atoms with Crippen LogP contribution in [-0.2, 0) is 6.18 Å². The van der Waals surface area contributed by atoms with E-state index in [-0.39, 0.29) is 23.6 Å². The molecule has 0 spiro atoms. The molecule has 0 bridgehead atoms. The third-order valence-electron chi connectivity index (χ3n) is 6.82. The maximum Gasteiger partial charge on any atom is 0.417 e. The second kappa shape index (κ2) is 8.81. The molecule has 3 rings (SSSR count). The second-order valence-corrected chi connectivity index (χ2v) is 10.6. The first-order chi connectivity index (χ1) is 16.0. The van der Waals surface area contributed by atoms with E-state index in [2.05, 4.69) is 15.3 Å². The molecule has 1 aliphatic carbocycles. The van der Waals surface area contributed by atoms with Gasteiger partial charge in [0.15, 0.2) is 0 Å². The Morgan fingerprint density at radius 1 is 1.11 bits per heavy atom. The summed E-state index contributed by atoms with van der Waals surface area (Å²) in [7, 11) is 0. The highest BCUT2D eigenvalue weighted by Crippen LogP contribution is 2.55. The lowest BCUT2D eigenvalue weighted by Crippen LogP contribution is -2.74. The molecule has 1 heterocycles. The van der Waals surface area contributed by atoms with Gasteiger partial charge in [0.05, 0.1) is 34.1 Å². The standard InChI is InChI=1S/C26H31F3N4O2/c1-13(2)20-31-14(3)19(15(4)32-20)21(34)33-22-24(5,6)23(25(22,7)8)35-17-10-9-16(12-30)18(11-17)26(27,28)29/h9-11,13,22-23H,1-8H3,(H,33,34). The van der Waals surface area contributed by atoms with Crippen LogP contribution in [0.2, 0.25) is 0 Å². The monoisotopic (exact) mass is 488 g/mol. The number of nitrogens with zero attached hydrogens (tertiary/aromatic N) is 3. The van der Waals surface area contributed by atoms with Crippen molar-refractivity contribution in [3.63, 3.8) is 0 Å². The average Bonchev–Trinajstić information content (AvgIpc) is 2.74. The van der Waals surface area contributed by atoms with E-state index in [4.69, 9.17) is 10.00 Å². The molecule has 1 N–H and O–H groups in total. The van der Waals surface area contributed by atoms with Gasteiger partial charge in [-0.05, 0) is 32.0 Å². The van der Waals surface area contributed by atoms with Gasteiger partial charge in [-0.2, -0.15) is 18.4 Å². The zero-order valence-corrected chi connectivity index (χ0v) is 21.3. The van der Waals surface area contributed by atoms with Gasteiger partial charge < -0.3 is 10.1 Å². The summed E-state index contributed by atoms with van der Waals surface area (Å²) in [5.41, 5.74) is -1.06. The molecule has 35 heavy (non-hydrogen) atoms. The number of halogens is 3. The summed E-state index contributed by atoms with van der Waals surface area (Å²) < 4.78 is 46.2. The Balaban J connectivity index is 1.85. The van der Waals surface area contributed by atoms with Gasteiger partial charge in [-0.3, -0.25) is 4.79 Å². The fourth-order valence-corrected chi connectivity index (χ4v) is 5.40. The molecule has 6 nitrogen and oxygen atoms in total. The topological polar surface area (TPSA) is 87.9 Å². The van der Waals surface area contributed by atoms with Crippen molar-refractivity contribution in [3.8, 4) is 11.8 Å². The van der Waals surface area contributed by atoms with E-state index < -0.39 is 34.2 Å². The van der Waals surface area contributed by atoms with Gasteiger partial charge >= 0.3 is 6.18 Å². The summed E-state index contributed by atoms with van der Waals surface area (Å²) in [6.07, 6.45) is -5.16. The first-order valence-corrected chi connectivity index (χ1v) is 11.5. The van der Waals surface area contributed by atoms with Crippen molar-refractivity contribution in [2.45, 2.75) is 79.6 Å². The Morgan fingerprint density at radius 2 is 1.66 bits per heavy atom. The van der Waals surface area contributed by atoms with Crippen LogP contribution in [0, 0.1) is 36.0 Å². The van der Waals surface area contributed by atoms with Crippen LogP contribution < -0.4 is 10.1 Å². The molecule has 0 unspecified atom stereocenters. The maximum absolute atomic E-state index is 13.4. The van der Waals surface area contributed by atoms with E-state index in [0.717, 1.165) is 12.1 Å². The molecule has 1 aliphatic rings. The van der Waals surface area contributed by atoms with Crippen molar-refractivity contribution in [1.29, 1.82) is 5.26 Å². The molecule has 188 valence electrons. The SMILES string of the molecule is Cc1nc(C(C)C)nc(C)c1C(=O)NC1C(C)(C)C(Oc2ccc(C#N)c(C(F)(F)F)c2)C1(C)C. The van der Waals surface area contributed by atoms with E-state index in [9.17, 15) is 18.0 Å². The summed E-state index contributed by atoms with van der Waals surface area (Å²) in [5, 5.41) is 12.1. The van der Waals surface area contributed by atoms with Crippen LogP contribution in [-0.4, -0.2) is 28.0 Å². The van der Waals surface area contributed by atoms with Gasteiger partial charge in [-0.1, -0.05) is 41.5 Å². The number of carbonyl (C=O) groups is 1. The zero-order chi connectivity index (χ0) is 26.5. The molecule has 0 saturated heterocycles. The molecule has 9 heteroatoms. The number of hydrogen-bond acceptors (Lipinski definition) is 5. The normalized spacial score (nSPS) is 20.7. The van der Waals surface area contributed by atoms with E-state index in [1.165, 1.54) is 6.07 Å². The Bertz CT molecular complexity index is 1160. The summed E-state index contributed by atoms with van der Waals surface area (Å²) in [6.45, 7) is 15.1. The lowest BCUT2D eigenvalue weighted by atomic mass is 9.49. The van der Waals surface area contributed by atoms with E-state index in [0.29, 0.717) is 22.8 Å². The van der Waals surface area contributed by atoms with E-state index >= 15 is 0 Å². The van der Waals surface area contributed by atoms with Gasteiger partial charge in [0, 0.05) is 22.8 Å². The first kappa shape index (κ1) is 26.5. The number of alkyl halides is 3. The summed E-state index contributed by atoms with van der Waals surface area (Å²) >= 11 is 0. The van der Waals surface area contributed by atoms with Crippen molar-refractivity contribution >= 4 is 5.91 Å². The van der Waals surface area contributed by atoms with Crippen LogP contribution in [0.25, 0.3) is 0 Å². The number of rotatable bonds is 5. The summed E-state index contributed by atoms with van der Waals surface area (Å²) in [4.78, 5) is 22.2. The largest absolute Gasteiger partial charge is 0.489 e. The molecule has 1 amide bonds. The number of benzene rings is 1. The van der Waals surface area contributed by atoms with Gasteiger partial charge in [0.2, 0.25) is 0 Å². The maximum atomic E-state index is 13.4. The Kier molecular flexibility index (Phi) is 6.66. The van der Waals surface area contributed by atoms with Crippen LogP contribution in [0.1, 0.15) is 86.2 Å². The van der Waals surface area contributed by atoms with Gasteiger partial charge in [-0.25, -0.2) is 9.97 Å². The highest BCUT2D eigenvalue weighted by atomic mass is 19.4. The molecular weight excluding hydrogens is 457 g/mol. The van der Waals surface area contributed by atoms with Gasteiger partial charge in [0.1, 0.15) is 17.7 Å². The molecule has 1 saturated carbocycles. The van der Waals surface area contributed by atoms with Crippen LogP contribution in [0.4, 0.5) is 13.2 Å². The van der Waals surface area contributed by atoms with Crippen molar-refractivity contribution in [3.05, 3.63) is 52.1 Å². The fourth-order valence-electron chi connectivity index (χ4n) is 5.40. The van der Waals surface area contributed by atoms with Crippen LogP contribution in [0.5, 0.6) is 5.75 Å². The molecule has 1 aromatic carbocycles. The van der Waals surface area contributed by atoms with Crippen molar-refractivity contribution in [1.82, 2.24) is 15.3 Å². The number of ether oxygens (including phenoxy) is 1. The predicted octanol–water partition coefficient (Wildman–Crippen LogP) is 5.72. The number of aromatic nitrogens is 2. The quantitative estimate of drug-likeness (QED) is 0.582. The van der Waals surface area contributed by atoms with Gasteiger partial charge in [0.25, 0.3) is 5.91 Å². The Labute approximate surface area is 203 Å². The highest BCUT2D eigenvalue weighted by molar-refractivity contribution is 5.96. The minimum atomic E-state index is -4.67. The smallest absolute Gasteiger partial charge is 0.417 e. The Morgan fingerprint density at radius 3 is 2.11 bits per heavy atom. The average molecular weight is 489 g/mol. The van der Waals surface area contributed by atoms with E-state index in [1.807, 2.05) is 41.5 Å². The van der Waals surface area contributed by atoms with Crippen LogP contribution in [0.3, 0.4) is 0 Å². The first-order valence-electron chi connectivity index (χ1n) is 11.5. The molecular formula is C26H31F3N4O2. The molecule has 2 aromatic rings. The predicted molar refractivity (Wildman–Crippen MR) is 125 cm³/mol. The van der Waals surface area contributed by atoms with Gasteiger partial charge in [-0.15, -0.1) is 0 Å². The number of amides is 1. The molecule has 0 aliphatic heterocycles. The number of carbonyl (C=O) groups excluding carboxylic acids is 1. The number of hydrogen-bond donors (Lipinski definition) is 1.